The van der Waals surface area contributed by atoms with E-state index in [1.165, 1.54) is 0 Å². The summed E-state index contributed by atoms with van der Waals surface area (Å²) in [6, 6.07) is 0.843. The van der Waals surface area contributed by atoms with Crippen molar-refractivity contribution < 1.29 is 22.7 Å². The standard InChI is InChI=1S/C8H6F3NO3/c1-15-7(14)4-2-3-12-6(13)5(4)8(9,10)11/h2-3H,1H3,(H,12,13). The van der Waals surface area contributed by atoms with E-state index < -0.39 is 28.8 Å². The van der Waals surface area contributed by atoms with Crippen molar-refractivity contribution in [1.29, 1.82) is 0 Å². The Morgan fingerprint density at radius 1 is 1.47 bits per heavy atom. The van der Waals surface area contributed by atoms with E-state index in [4.69, 9.17) is 0 Å². The fourth-order valence-corrected chi connectivity index (χ4v) is 1.04. The lowest BCUT2D eigenvalue weighted by Gasteiger charge is -2.09. The molecule has 0 saturated heterocycles. The minimum absolute atomic E-state index is 0.797. The first-order valence-corrected chi connectivity index (χ1v) is 3.75. The van der Waals surface area contributed by atoms with Crippen LogP contribution in [0.15, 0.2) is 17.1 Å². The van der Waals surface area contributed by atoms with Crippen molar-refractivity contribution in [2.24, 2.45) is 0 Å². The molecule has 0 bridgehead atoms. The first kappa shape index (κ1) is 11.3. The van der Waals surface area contributed by atoms with Crippen LogP contribution in [0.2, 0.25) is 0 Å². The number of aromatic nitrogens is 1. The van der Waals surface area contributed by atoms with Gasteiger partial charge in [-0.25, -0.2) is 4.79 Å². The number of carbonyl (C=O) groups is 1. The lowest BCUT2D eigenvalue weighted by atomic mass is 10.1. The van der Waals surface area contributed by atoms with Gasteiger partial charge in [0.25, 0.3) is 5.56 Å². The Labute approximate surface area is 81.7 Å². The number of methoxy groups -OCH3 is 1. The molecule has 0 aliphatic heterocycles. The van der Waals surface area contributed by atoms with Gasteiger partial charge in [0.15, 0.2) is 0 Å². The Bertz CT molecular complexity index is 435. The average Bonchev–Trinajstić information content (AvgIpc) is 2.14. The summed E-state index contributed by atoms with van der Waals surface area (Å²) in [6.45, 7) is 0. The highest BCUT2D eigenvalue weighted by molar-refractivity contribution is 5.90. The van der Waals surface area contributed by atoms with Crippen LogP contribution in [-0.2, 0) is 10.9 Å². The van der Waals surface area contributed by atoms with E-state index in [-0.39, 0.29) is 0 Å². The molecule has 0 aromatic carbocycles. The second-order valence-electron chi connectivity index (χ2n) is 2.58. The lowest BCUT2D eigenvalue weighted by Crippen LogP contribution is -2.26. The maximum atomic E-state index is 12.4. The molecule has 0 unspecified atom stereocenters. The van der Waals surface area contributed by atoms with E-state index in [0.29, 0.717) is 0 Å². The number of carbonyl (C=O) groups excluding carboxylic acids is 1. The molecule has 0 aliphatic carbocycles. The van der Waals surface area contributed by atoms with Crippen LogP contribution in [-0.4, -0.2) is 18.1 Å². The number of rotatable bonds is 1. The number of alkyl halides is 3. The van der Waals surface area contributed by atoms with Crippen LogP contribution in [0, 0.1) is 0 Å². The smallest absolute Gasteiger partial charge is 0.422 e. The zero-order chi connectivity index (χ0) is 11.6. The van der Waals surface area contributed by atoms with Crippen LogP contribution in [0.5, 0.6) is 0 Å². The number of nitrogens with one attached hydrogen (secondary N) is 1. The molecule has 0 saturated carbocycles. The molecule has 15 heavy (non-hydrogen) atoms. The van der Waals surface area contributed by atoms with Gasteiger partial charge in [-0.2, -0.15) is 13.2 Å². The third-order valence-corrected chi connectivity index (χ3v) is 1.65. The van der Waals surface area contributed by atoms with Gasteiger partial charge in [0.2, 0.25) is 0 Å². The maximum Gasteiger partial charge on any atom is 0.422 e. The van der Waals surface area contributed by atoms with E-state index in [1.54, 1.807) is 0 Å². The van der Waals surface area contributed by atoms with Gasteiger partial charge < -0.3 is 9.72 Å². The first-order valence-electron chi connectivity index (χ1n) is 3.75. The number of esters is 1. The van der Waals surface area contributed by atoms with Gasteiger partial charge in [-0.3, -0.25) is 4.79 Å². The van der Waals surface area contributed by atoms with Crippen molar-refractivity contribution in [3.8, 4) is 0 Å². The van der Waals surface area contributed by atoms with Crippen LogP contribution >= 0.6 is 0 Å². The molecular weight excluding hydrogens is 215 g/mol. The highest BCUT2D eigenvalue weighted by Gasteiger charge is 2.38. The SMILES string of the molecule is COC(=O)c1cc[nH]c(=O)c1C(F)(F)F. The number of halogens is 3. The fraction of sp³-hybridized carbons (Fsp3) is 0.250. The molecule has 82 valence electrons. The molecular formula is C8H6F3NO3. The van der Waals surface area contributed by atoms with Crippen molar-refractivity contribution in [3.63, 3.8) is 0 Å². The van der Waals surface area contributed by atoms with E-state index in [0.717, 1.165) is 19.4 Å². The Kier molecular flexibility index (Phi) is 2.83. The van der Waals surface area contributed by atoms with Crippen LogP contribution in [0.1, 0.15) is 15.9 Å². The summed E-state index contributed by atoms with van der Waals surface area (Å²) >= 11 is 0. The van der Waals surface area contributed by atoms with Gasteiger partial charge in [0, 0.05) is 6.20 Å². The summed E-state index contributed by atoms with van der Waals surface area (Å²) in [5.74, 6) is -1.20. The summed E-state index contributed by atoms with van der Waals surface area (Å²) in [7, 11) is 0.934. The highest BCUT2D eigenvalue weighted by Crippen LogP contribution is 2.29. The highest BCUT2D eigenvalue weighted by atomic mass is 19.4. The summed E-state index contributed by atoms with van der Waals surface area (Å²) in [5, 5.41) is 0. The van der Waals surface area contributed by atoms with Crippen LogP contribution in [0.3, 0.4) is 0 Å². The minimum Gasteiger partial charge on any atom is -0.465 e. The first-order chi connectivity index (χ1) is 6.88. The average molecular weight is 221 g/mol. The lowest BCUT2D eigenvalue weighted by molar-refractivity contribution is -0.139. The Morgan fingerprint density at radius 2 is 2.07 bits per heavy atom. The van der Waals surface area contributed by atoms with Gasteiger partial charge in [-0.1, -0.05) is 0 Å². The number of hydrogen-bond donors (Lipinski definition) is 1. The van der Waals surface area contributed by atoms with Gasteiger partial charge in [-0.05, 0) is 6.07 Å². The summed E-state index contributed by atoms with van der Waals surface area (Å²) < 4.78 is 41.3. The molecule has 0 atom stereocenters. The van der Waals surface area contributed by atoms with Crippen LogP contribution in [0.4, 0.5) is 13.2 Å². The molecule has 1 heterocycles. The monoisotopic (exact) mass is 221 g/mol. The predicted octanol–water partition coefficient (Wildman–Crippen LogP) is 1.18. The van der Waals surface area contributed by atoms with Crippen molar-refractivity contribution in [2.45, 2.75) is 6.18 Å². The van der Waals surface area contributed by atoms with Crippen LogP contribution < -0.4 is 5.56 Å². The van der Waals surface area contributed by atoms with Crippen molar-refractivity contribution in [2.75, 3.05) is 7.11 Å². The van der Waals surface area contributed by atoms with Crippen molar-refractivity contribution >= 4 is 5.97 Å². The minimum atomic E-state index is -4.89. The number of aromatic amines is 1. The second kappa shape index (κ2) is 3.76. The topological polar surface area (TPSA) is 59.2 Å². The van der Waals surface area contributed by atoms with Gasteiger partial charge in [0.05, 0.1) is 12.7 Å². The summed E-state index contributed by atoms with van der Waals surface area (Å²) in [4.78, 5) is 23.7. The van der Waals surface area contributed by atoms with Crippen molar-refractivity contribution in [3.05, 3.63) is 33.7 Å². The molecule has 1 aromatic heterocycles. The number of ether oxygens (including phenoxy) is 1. The fourth-order valence-electron chi connectivity index (χ4n) is 1.04. The van der Waals surface area contributed by atoms with Gasteiger partial charge in [0.1, 0.15) is 5.56 Å². The summed E-state index contributed by atoms with van der Waals surface area (Å²) in [5.41, 5.74) is -3.71. The largest absolute Gasteiger partial charge is 0.465 e. The maximum absolute atomic E-state index is 12.4. The number of H-pyrrole nitrogens is 1. The molecule has 1 N–H and O–H groups in total. The van der Waals surface area contributed by atoms with E-state index in [1.807, 2.05) is 4.98 Å². The van der Waals surface area contributed by atoms with Crippen molar-refractivity contribution in [1.82, 2.24) is 4.98 Å². The van der Waals surface area contributed by atoms with Gasteiger partial charge >= 0.3 is 12.1 Å². The zero-order valence-electron chi connectivity index (χ0n) is 7.51. The molecule has 7 heteroatoms. The Balaban J connectivity index is 3.47. The molecule has 0 fully saturated rings. The zero-order valence-corrected chi connectivity index (χ0v) is 7.51. The molecule has 0 aliphatic rings. The molecule has 1 rings (SSSR count). The quantitative estimate of drug-likeness (QED) is 0.724. The number of hydrogen-bond acceptors (Lipinski definition) is 3. The van der Waals surface area contributed by atoms with Crippen LogP contribution in [0.25, 0.3) is 0 Å². The third-order valence-electron chi connectivity index (χ3n) is 1.65. The molecule has 4 nitrogen and oxygen atoms in total. The summed E-state index contributed by atoms with van der Waals surface area (Å²) in [6.07, 6.45) is -3.94. The molecule has 0 spiro atoms. The number of pyridine rings is 1. The molecule has 1 aromatic rings. The van der Waals surface area contributed by atoms with E-state index >= 15 is 0 Å². The van der Waals surface area contributed by atoms with E-state index in [2.05, 4.69) is 4.74 Å². The normalized spacial score (nSPS) is 11.2. The molecule has 0 amide bonds. The molecule has 0 radical (unpaired) electrons. The van der Waals surface area contributed by atoms with E-state index in [9.17, 15) is 22.8 Å². The Morgan fingerprint density at radius 3 is 2.53 bits per heavy atom. The predicted molar refractivity (Wildman–Crippen MR) is 43.4 cm³/mol. The van der Waals surface area contributed by atoms with Gasteiger partial charge in [-0.15, -0.1) is 0 Å². The second-order valence-corrected chi connectivity index (χ2v) is 2.58. The Hall–Kier alpha value is -1.79. The third kappa shape index (κ3) is 2.17.